The smallest absolute Gasteiger partial charge is 0.0354 e. The Morgan fingerprint density at radius 3 is 2.24 bits per heavy atom. The van der Waals surface area contributed by atoms with E-state index in [4.69, 9.17) is 0 Å². The molecule has 1 N–H and O–H groups in total. The number of nitrogens with one attached hydrogen (secondary N) is 1. The molecule has 108 valence electrons. The van der Waals surface area contributed by atoms with Crippen LogP contribution in [0.15, 0.2) is 84.6 Å². The number of benzene rings is 1. The SMILES string of the molecule is C=C(C)CNC(=C)C1=CCCC=C1C(=C)c1ccccc1. The topological polar surface area (TPSA) is 12.0 Å². The van der Waals surface area contributed by atoms with E-state index >= 15 is 0 Å². The third-order valence-corrected chi connectivity index (χ3v) is 3.53. The van der Waals surface area contributed by atoms with Crippen LogP contribution < -0.4 is 5.32 Å². The lowest BCUT2D eigenvalue weighted by Crippen LogP contribution is -2.18. The van der Waals surface area contributed by atoms with E-state index in [9.17, 15) is 0 Å². The molecular formula is C20H23N. The minimum Gasteiger partial charge on any atom is -0.381 e. The minimum atomic E-state index is 0.751. The molecular weight excluding hydrogens is 254 g/mol. The summed E-state index contributed by atoms with van der Waals surface area (Å²) in [5.74, 6) is 0. The first-order chi connectivity index (χ1) is 10.1. The van der Waals surface area contributed by atoms with Gasteiger partial charge in [0, 0.05) is 17.8 Å². The van der Waals surface area contributed by atoms with Crippen molar-refractivity contribution in [1.82, 2.24) is 5.32 Å². The number of allylic oxidation sites excluding steroid dienone is 4. The Morgan fingerprint density at radius 1 is 1.00 bits per heavy atom. The van der Waals surface area contributed by atoms with Crippen molar-refractivity contribution in [2.24, 2.45) is 0 Å². The van der Waals surface area contributed by atoms with E-state index in [0.717, 1.165) is 47.4 Å². The van der Waals surface area contributed by atoms with Gasteiger partial charge in [0.25, 0.3) is 0 Å². The molecule has 1 aliphatic rings. The number of hydrogen-bond acceptors (Lipinski definition) is 1. The fourth-order valence-electron chi connectivity index (χ4n) is 2.39. The van der Waals surface area contributed by atoms with Gasteiger partial charge in [-0.1, -0.05) is 67.8 Å². The van der Waals surface area contributed by atoms with Gasteiger partial charge in [0.05, 0.1) is 0 Å². The Balaban J connectivity index is 2.19. The summed E-state index contributed by atoms with van der Waals surface area (Å²) < 4.78 is 0. The van der Waals surface area contributed by atoms with Crippen LogP contribution in [0, 0.1) is 0 Å². The highest BCUT2D eigenvalue weighted by molar-refractivity contribution is 5.84. The predicted octanol–water partition coefficient (Wildman–Crippen LogP) is 5.03. The first-order valence-electron chi connectivity index (χ1n) is 7.32. The van der Waals surface area contributed by atoms with Gasteiger partial charge >= 0.3 is 0 Å². The van der Waals surface area contributed by atoms with Gasteiger partial charge in [-0.05, 0) is 36.5 Å². The van der Waals surface area contributed by atoms with Crippen LogP contribution in [0.25, 0.3) is 5.57 Å². The first kappa shape index (κ1) is 15.1. The zero-order valence-corrected chi connectivity index (χ0v) is 12.8. The zero-order chi connectivity index (χ0) is 15.2. The molecule has 0 aliphatic heterocycles. The van der Waals surface area contributed by atoms with E-state index in [1.807, 2.05) is 25.1 Å². The van der Waals surface area contributed by atoms with Crippen molar-refractivity contribution >= 4 is 5.57 Å². The lowest BCUT2D eigenvalue weighted by molar-refractivity contribution is 0.877. The lowest BCUT2D eigenvalue weighted by atomic mass is 9.87. The summed E-state index contributed by atoms with van der Waals surface area (Å²) >= 11 is 0. The third kappa shape index (κ3) is 3.85. The van der Waals surface area contributed by atoms with E-state index in [1.165, 1.54) is 5.57 Å². The number of rotatable bonds is 6. The van der Waals surface area contributed by atoms with Crippen LogP contribution in [0.3, 0.4) is 0 Å². The van der Waals surface area contributed by atoms with Gasteiger partial charge in [-0.3, -0.25) is 0 Å². The fourth-order valence-corrected chi connectivity index (χ4v) is 2.39. The average Bonchev–Trinajstić information content (AvgIpc) is 2.52. The molecule has 0 unspecified atom stereocenters. The fraction of sp³-hybridized carbons (Fsp3) is 0.200. The highest BCUT2D eigenvalue weighted by Gasteiger charge is 2.15. The molecule has 1 aliphatic carbocycles. The predicted molar refractivity (Wildman–Crippen MR) is 92.8 cm³/mol. The molecule has 0 bridgehead atoms. The average molecular weight is 277 g/mol. The molecule has 1 nitrogen and oxygen atoms in total. The van der Waals surface area contributed by atoms with Crippen LogP contribution >= 0.6 is 0 Å². The normalized spacial score (nSPS) is 14.0. The van der Waals surface area contributed by atoms with Crippen molar-refractivity contribution < 1.29 is 0 Å². The summed E-state index contributed by atoms with van der Waals surface area (Å²) in [6.45, 7) is 15.1. The molecule has 1 heteroatoms. The maximum Gasteiger partial charge on any atom is 0.0354 e. The Bertz CT molecular complexity index is 614. The van der Waals surface area contributed by atoms with Crippen molar-refractivity contribution in [1.29, 1.82) is 0 Å². The summed E-state index contributed by atoms with van der Waals surface area (Å²) in [7, 11) is 0. The summed E-state index contributed by atoms with van der Waals surface area (Å²) in [5.41, 5.74) is 6.60. The molecule has 1 aromatic carbocycles. The molecule has 0 radical (unpaired) electrons. The summed E-state index contributed by atoms with van der Waals surface area (Å²) in [5, 5.41) is 3.34. The molecule has 0 atom stereocenters. The molecule has 0 saturated carbocycles. The van der Waals surface area contributed by atoms with Crippen molar-refractivity contribution in [3.05, 3.63) is 90.2 Å². The molecule has 0 saturated heterocycles. The Labute approximate surface area is 128 Å². The van der Waals surface area contributed by atoms with Crippen LogP contribution in [-0.2, 0) is 0 Å². The Morgan fingerprint density at radius 2 is 1.62 bits per heavy atom. The standard InChI is InChI=1S/C20H23N/c1-15(2)14-21-17(4)20-13-9-8-12-19(20)16(3)18-10-6-5-7-11-18/h5-7,10-13,21H,1,3-4,8-9,14H2,2H3. The van der Waals surface area contributed by atoms with Crippen LogP contribution in [0.2, 0.25) is 0 Å². The van der Waals surface area contributed by atoms with Crippen molar-refractivity contribution in [3.8, 4) is 0 Å². The maximum absolute atomic E-state index is 4.28. The first-order valence-corrected chi connectivity index (χ1v) is 7.32. The molecule has 0 aromatic heterocycles. The van der Waals surface area contributed by atoms with Crippen molar-refractivity contribution in [2.45, 2.75) is 19.8 Å². The van der Waals surface area contributed by atoms with Gasteiger partial charge in [-0.15, -0.1) is 0 Å². The van der Waals surface area contributed by atoms with Crippen LogP contribution in [0.1, 0.15) is 25.3 Å². The maximum atomic E-state index is 4.28. The second-order valence-corrected chi connectivity index (χ2v) is 5.45. The number of hydrogen-bond donors (Lipinski definition) is 1. The summed E-state index contributed by atoms with van der Waals surface area (Å²) in [6.07, 6.45) is 6.61. The van der Waals surface area contributed by atoms with Crippen LogP contribution in [-0.4, -0.2) is 6.54 Å². The minimum absolute atomic E-state index is 0.751. The van der Waals surface area contributed by atoms with Gasteiger partial charge in [-0.25, -0.2) is 0 Å². The molecule has 2 rings (SSSR count). The van der Waals surface area contributed by atoms with Gasteiger partial charge in [0.2, 0.25) is 0 Å². The summed E-state index contributed by atoms with van der Waals surface area (Å²) in [6, 6.07) is 10.3. The van der Waals surface area contributed by atoms with Gasteiger partial charge in [0.15, 0.2) is 0 Å². The Kier molecular flexibility index (Phi) is 4.99. The second-order valence-electron chi connectivity index (χ2n) is 5.45. The van der Waals surface area contributed by atoms with Gasteiger partial charge < -0.3 is 5.32 Å². The molecule has 0 fully saturated rings. The third-order valence-electron chi connectivity index (χ3n) is 3.53. The summed E-state index contributed by atoms with van der Waals surface area (Å²) in [4.78, 5) is 0. The van der Waals surface area contributed by atoms with E-state index in [0.29, 0.717) is 0 Å². The molecule has 21 heavy (non-hydrogen) atoms. The van der Waals surface area contributed by atoms with Gasteiger partial charge in [-0.2, -0.15) is 0 Å². The highest BCUT2D eigenvalue weighted by atomic mass is 14.9. The van der Waals surface area contributed by atoms with Crippen LogP contribution in [0.4, 0.5) is 0 Å². The van der Waals surface area contributed by atoms with E-state index in [1.54, 1.807) is 0 Å². The largest absolute Gasteiger partial charge is 0.381 e. The molecule has 0 amide bonds. The quantitative estimate of drug-likeness (QED) is 0.719. The van der Waals surface area contributed by atoms with Crippen molar-refractivity contribution in [3.63, 3.8) is 0 Å². The molecule has 0 spiro atoms. The lowest BCUT2D eigenvalue weighted by Gasteiger charge is -2.21. The monoisotopic (exact) mass is 277 g/mol. The second kappa shape index (κ2) is 6.94. The van der Waals surface area contributed by atoms with Crippen molar-refractivity contribution in [2.75, 3.05) is 6.54 Å². The van der Waals surface area contributed by atoms with Gasteiger partial charge in [0.1, 0.15) is 0 Å². The van der Waals surface area contributed by atoms with E-state index in [-0.39, 0.29) is 0 Å². The van der Waals surface area contributed by atoms with E-state index in [2.05, 4.69) is 49.3 Å². The highest BCUT2D eigenvalue weighted by Crippen LogP contribution is 2.33. The van der Waals surface area contributed by atoms with Crippen LogP contribution in [0.5, 0.6) is 0 Å². The Hall–Kier alpha value is -2.28. The van der Waals surface area contributed by atoms with E-state index < -0.39 is 0 Å². The molecule has 0 heterocycles. The zero-order valence-electron chi connectivity index (χ0n) is 12.8. The molecule has 1 aromatic rings.